The lowest BCUT2D eigenvalue weighted by molar-refractivity contribution is -0.137. The first-order chi connectivity index (χ1) is 13.0. The van der Waals surface area contributed by atoms with E-state index in [2.05, 4.69) is 30.9 Å². The zero-order valence-corrected chi connectivity index (χ0v) is 13.6. The van der Waals surface area contributed by atoms with Crippen LogP contribution in [0.15, 0.2) is 60.9 Å². The summed E-state index contributed by atoms with van der Waals surface area (Å²) in [6.45, 7) is 0. The molecule has 0 spiro atoms. The van der Waals surface area contributed by atoms with Gasteiger partial charge in [-0.15, -0.1) is 15.0 Å². The van der Waals surface area contributed by atoms with Gasteiger partial charge in [0.15, 0.2) is 0 Å². The van der Waals surface area contributed by atoms with Gasteiger partial charge < -0.3 is 5.32 Å². The zero-order valence-electron chi connectivity index (χ0n) is 13.6. The maximum absolute atomic E-state index is 12.7. The molecule has 0 bridgehead atoms. The second-order valence-corrected chi connectivity index (χ2v) is 5.60. The lowest BCUT2D eigenvalue weighted by Gasteiger charge is -2.11. The van der Waals surface area contributed by atoms with Crippen LogP contribution in [0.5, 0.6) is 0 Å². The van der Waals surface area contributed by atoms with Gasteiger partial charge >= 0.3 is 6.18 Å². The molecule has 10 heteroatoms. The maximum atomic E-state index is 12.7. The summed E-state index contributed by atoms with van der Waals surface area (Å²) in [5, 5.41) is 21.9. The molecule has 4 rings (SSSR count). The summed E-state index contributed by atoms with van der Waals surface area (Å²) in [4.78, 5) is 1.33. The van der Waals surface area contributed by atoms with Gasteiger partial charge in [0.05, 0.1) is 11.8 Å². The molecule has 2 aromatic heterocycles. The second kappa shape index (κ2) is 6.56. The normalized spacial score (nSPS) is 11.5. The van der Waals surface area contributed by atoms with Crippen molar-refractivity contribution in [3.8, 4) is 17.1 Å². The maximum Gasteiger partial charge on any atom is 0.416 e. The molecule has 0 aliphatic carbocycles. The number of anilines is 2. The highest BCUT2D eigenvalue weighted by atomic mass is 19.4. The van der Waals surface area contributed by atoms with E-state index >= 15 is 0 Å². The molecular weight excluding hydrogens is 359 g/mol. The van der Waals surface area contributed by atoms with E-state index in [1.165, 1.54) is 16.9 Å². The molecule has 7 nitrogen and oxygen atoms in total. The standard InChI is InChI=1S/C17H12F3N7/c18-17(19,20)11-5-7-12(8-6-11)23-15-4-2-1-3-14(15)16-24-26-27(25-16)13-9-21-22-10-13/h1-10,23H,(H,21,22). The number of nitrogens with zero attached hydrogens (tertiary/aromatic N) is 5. The Labute approximate surface area is 150 Å². The van der Waals surface area contributed by atoms with Gasteiger partial charge in [0.1, 0.15) is 5.69 Å². The van der Waals surface area contributed by atoms with Crippen LogP contribution in [0.2, 0.25) is 0 Å². The molecule has 0 atom stereocenters. The van der Waals surface area contributed by atoms with Crippen molar-refractivity contribution in [2.45, 2.75) is 6.18 Å². The van der Waals surface area contributed by atoms with Crippen LogP contribution in [0.4, 0.5) is 24.5 Å². The molecule has 0 radical (unpaired) electrons. The van der Waals surface area contributed by atoms with Crippen molar-refractivity contribution in [3.63, 3.8) is 0 Å². The molecule has 0 saturated carbocycles. The summed E-state index contributed by atoms with van der Waals surface area (Å²) in [6.07, 6.45) is -1.19. The smallest absolute Gasteiger partial charge is 0.355 e. The molecule has 2 N–H and O–H groups in total. The van der Waals surface area contributed by atoms with Gasteiger partial charge in [0.25, 0.3) is 0 Å². The Bertz CT molecular complexity index is 1040. The molecule has 2 heterocycles. The summed E-state index contributed by atoms with van der Waals surface area (Å²) in [5.41, 5.74) is 1.74. The number of aromatic nitrogens is 6. The molecule has 27 heavy (non-hydrogen) atoms. The number of para-hydroxylation sites is 1. The van der Waals surface area contributed by atoms with Crippen LogP contribution in [0.1, 0.15) is 5.56 Å². The highest BCUT2D eigenvalue weighted by Crippen LogP contribution is 2.32. The first-order valence-corrected chi connectivity index (χ1v) is 7.83. The molecule has 0 aliphatic rings. The van der Waals surface area contributed by atoms with E-state index in [9.17, 15) is 13.2 Å². The number of nitrogens with one attached hydrogen (secondary N) is 2. The lowest BCUT2D eigenvalue weighted by Crippen LogP contribution is -2.04. The first-order valence-electron chi connectivity index (χ1n) is 7.83. The Balaban J connectivity index is 1.62. The van der Waals surface area contributed by atoms with E-state index in [4.69, 9.17) is 0 Å². The van der Waals surface area contributed by atoms with Crippen LogP contribution in [0, 0.1) is 0 Å². The number of hydrogen-bond donors (Lipinski definition) is 2. The van der Waals surface area contributed by atoms with E-state index in [0.29, 0.717) is 28.5 Å². The van der Waals surface area contributed by atoms with Gasteiger partial charge in [0, 0.05) is 23.1 Å². The van der Waals surface area contributed by atoms with Crippen molar-refractivity contribution in [2.24, 2.45) is 0 Å². The summed E-state index contributed by atoms with van der Waals surface area (Å²) >= 11 is 0. The minimum absolute atomic E-state index is 0.367. The third kappa shape index (κ3) is 3.50. The topological polar surface area (TPSA) is 84.3 Å². The predicted molar refractivity (Wildman–Crippen MR) is 91.5 cm³/mol. The number of rotatable bonds is 4. The summed E-state index contributed by atoms with van der Waals surface area (Å²) < 4.78 is 38.1. The molecule has 0 aliphatic heterocycles. The third-order valence-electron chi connectivity index (χ3n) is 3.79. The average molecular weight is 371 g/mol. The van der Waals surface area contributed by atoms with Crippen LogP contribution in [-0.2, 0) is 6.18 Å². The molecule has 0 fully saturated rings. The number of tetrazole rings is 1. The van der Waals surface area contributed by atoms with E-state index < -0.39 is 11.7 Å². The lowest BCUT2D eigenvalue weighted by atomic mass is 10.1. The summed E-state index contributed by atoms with van der Waals surface area (Å²) in [5.74, 6) is 0.367. The number of H-pyrrole nitrogens is 1. The Morgan fingerprint density at radius 3 is 2.48 bits per heavy atom. The Morgan fingerprint density at radius 1 is 1.00 bits per heavy atom. The number of hydrogen-bond acceptors (Lipinski definition) is 5. The van der Waals surface area contributed by atoms with Crippen molar-refractivity contribution in [1.82, 2.24) is 30.4 Å². The van der Waals surface area contributed by atoms with Gasteiger partial charge in [-0.2, -0.15) is 18.3 Å². The van der Waals surface area contributed by atoms with Crippen LogP contribution in [-0.4, -0.2) is 30.4 Å². The minimum atomic E-state index is -4.37. The largest absolute Gasteiger partial charge is 0.416 e. The summed E-state index contributed by atoms with van der Waals surface area (Å²) in [7, 11) is 0. The highest BCUT2D eigenvalue weighted by Gasteiger charge is 2.29. The van der Waals surface area contributed by atoms with Gasteiger partial charge in [-0.1, -0.05) is 12.1 Å². The zero-order chi connectivity index (χ0) is 18.9. The average Bonchev–Trinajstić information content (AvgIpc) is 3.34. The quantitative estimate of drug-likeness (QED) is 0.570. The Morgan fingerprint density at radius 2 is 1.78 bits per heavy atom. The second-order valence-electron chi connectivity index (χ2n) is 5.60. The molecule has 136 valence electrons. The van der Waals surface area contributed by atoms with Crippen LogP contribution < -0.4 is 5.32 Å². The number of benzene rings is 2. The molecule has 0 amide bonds. The SMILES string of the molecule is FC(F)(F)c1ccc(Nc2ccccc2-c2nnn(-c3cn[nH]c3)n2)cc1. The molecule has 0 saturated heterocycles. The number of alkyl halides is 3. The van der Waals surface area contributed by atoms with Gasteiger partial charge in [-0.05, 0) is 41.6 Å². The van der Waals surface area contributed by atoms with Gasteiger partial charge in [-0.25, -0.2) is 0 Å². The summed E-state index contributed by atoms with van der Waals surface area (Å²) in [6, 6.07) is 12.0. The van der Waals surface area contributed by atoms with Crippen LogP contribution in [0.25, 0.3) is 17.1 Å². The Kier molecular flexibility index (Phi) is 4.07. The molecular formula is C17H12F3N7. The van der Waals surface area contributed by atoms with Gasteiger partial charge in [-0.3, -0.25) is 5.10 Å². The van der Waals surface area contributed by atoms with Crippen LogP contribution >= 0.6 is 0 Å². The fourth-order valence-electron chi connectivity index (χ4n) is 2.47. The van der Waals surface area contributed by atoms with Crippen LogP contribution in [0.3, 0.4) is 0 Å². The van der Waals surface area contributed by atoms with Crippen molar-refractivity contribution in [2.75, 3.05) is 5.32 Å². The van der Waals surface area contributed by atoms with Crippen molar-refractivity contribution < 1.29 is 13.2 Å². The fourth-order valence-corrected chi connectivity index (χ4v) is 2.47. The highest BCUT2D eigenvalue weighted by molar-refractivity contribution is 5.77. The fraction of sp³-hybridized carbons (Fsp3) is 0.0588. The molecule has 0 unspecified atom stereocenters. The predicted octanol–water partition coefficient (Wildman–Crippen LogP) is 3.81. The van der Waals surface area contributed by atoms with Crippen molar-refractivity contribution in [1.29, 1.82) is 0 Å². The minimum Gasteiger partial charge on any atom is -0.355 e. The number of aromatic amines is 1. The van der Waals surface area contributed by atoms with E-state index in [1.54, 1.807) is 30.6 Å². The molecule has 2 aromatic carbocycles. The molecule has 4 aromatic rings. The van der Waals surface area contributed by atoms with E-state index in [1.807, 2.05) is 6.07 Å². The monoisotopic (exact) mass is 371 g/mol. The van der Waals surface area contributed by atoms with Crippen molar-refractivity contribution in [3.05, 3.63) is 66.5 Å². The van der Waals surface area contributed by atoms with E-state index in [-0.39, 0.29) is 0 Å². The first kappa shape index (κ1) is 16.8. The third-order valence-corrected chi connectivity index (χ3v) is 3.79. The number of halogens is 3. The Hall–Kier alpha value is -3.69. The van der Waals surface area contributed by atoms with Crippen molar-refractivity contribution >= 4 is 11.4 Å². The van der Waals surface area contributed by atoms with E-state index in [0.717, 1.165) is 12.1 Å². The van der Waals surface area contributed by atoms with Gasteiger partial charge in [0.2, 0.25) is 5.82 Å².